The number of ether oxygens (including phenoxy) is 1. The highest BCUT2D eigenvalue weighted by Gasteiger charge is 2.27. The van der Waals surface area contributed by atoms with E-state index in [1.54, 1.807) is 0 Å². The average molecular weight is 346 g/mol. The lowest BCUT2D eigenvalue weighted by molar-refractivity contribution is 0.0206. The number of amides is 2. The van der Waals surface area contributed by atoms with Gasteiger partial charge in [-0.15, -0.1) is 0 Å². The van der Waals surface area contributed by atoms with Gasteiger partial charge in [0.1, 0.15) is 0 Å². The van der Waals surface area contributed by atoms with Gasteiger partial charge >= 0.3 is 6.03 Å². The van der Waals surface area contributed by atoms with E-state index in [2.05, 4.69) is 22.1 Å². The summed E-state index contributed by atoms with van der Waals surface area (Å²) in [5.41, 5.74) is 1.19. The molecule has 0 radical (unpaired) electrons. The molecule has 0 saturated carbocycles. The lowest BCUT2D eigenvalue weighted by atomic mass is 10.0. The highest BCUT2D eigenvalue weighted by molar-refractivity contribution is 5.74. The molecule has 2 saturated heterocycles. The van der Waals surface area contributed by atoms with Crippen LogP contribution in [0.4, 0.5) is 4.79 Å². The van der Waals surface area contributed by atoms with Crippen LogP contribution in [0.25, 0.3) is 0 Å². The van der Waals surface area contributed by atoms with Gasteiger partial charge in [-0.2, -0.15) is 0 Å². The van der Waals surface area contributed by atoms with Crippen LogP contribution in [0.5, 0.6) is 0 Å². The van der Waals surface area contributed by atoms with Crippen molar-refractivity contribution in [2.45, 2.75) is 44.7 Å². The van der Waals surface area contributed by atoms with Gasteiger partial charge in [0.2, 0.25) is 0 Å². The molecule has 3 heterocycles. The monoisotopic (exact) mass is 346 g/mol. The fourth-order valence-corrected chi connectivity index (χ4v) is 3.77. The Morgan fingerprint density at radius 3 is 2.76 bits per heavy atom. The van der Waals surface area contributed by atoms with Gasteiger partial charge < -0.3 is 15.0 Å². The molecular weight excluding hydrogens is 316 g/mol. The minimum Gasteiger partial charge on any atom is -0.379 e. The molecule has 0 aromatic carbocycles. The minimum absolute atomic E-state index is 0.0591. The van der Waals surface area contributed by atoms with Crippen LogP contribution in [0, 0.1) is 0 Å². The highest BCUT2D eigenvalue weighted by Crippen LogP contribution is 2.29. The summed E-state index contributed by atoms with van der Waals surface area (Å²) in [5.74, 6) is 0. The molecule has 2 fully saturated rings. The maximum absolute atomic E-state index is 12.9. The number of morpholine rings is 1. The van der Waals surface area contributed by atoms with Crippen LogP contribution < -0.4 is 5.32 Å². The molecule has 0 aliphatic carbocycles. The maximum Gasteiger partial charge on any atom is 0.317 e. The van der Waals surface area contributed by atoms with Crippen molar-refractivity contribution in [2.24, 2.45) is 0 Å². The summed E-state index contributed by atoms with van der Waals surface area (Å²) in [5, 5.41) is 3.17. The van der Waals surface area contributed by atoms with Crippen LogP contribution >= 0.6 is 0 Å². The Bertz CT molecular complexity index is 533. The third-order valence-electron chi connectivity index (χ3n) is 5.32. The molecule has 1 aromatic heterocycles. The van der Waals surface area contributed by atoms with E-state index < -0.39 is 0 Å². The fraction of sp³-hybridized carbons (Fsp3) is 0.684. The van der Waals surface area contributed by atoms with Crippen LogP contribution in [0.3, 0.4) is 0 Å². The Balaban J connectivity index is 1.59. The molecule has 6 heteroatoms. The Morgan fingerprint density at radius 1 is 1.24 bits per heavy atom. The average Bonchev–Trinajstić information content (AvgIpc) is 2.93. The van der Waals surface area contributed by atoms with E-state index in [0.717, 1.165) is 45.7 Å². The van der Waals surface area contributed by atoms with Crippen LogP contribution in [-0.2, 0) is 4.74 Å². The Hall–Kier alpha value is -1.66. The zero-order valence-electron chi connectivity index (χ0n) is 15.2. The lowest BCUT2D eigenvalue weighted by Gasteiger charge is -2.34. The zero-order valence-corrected chi connectivity index (χ0v) is 15.2. The molecular formula is C19H30N4O2. The van der Waals surface area contributed by atoms with Crippen LogP contribution in [0.2, 0.25) is 0 Å². The predicted octanol–water partition coefficient (Wildman–Crippen LogP) is 2.43. The topological polar surface area (TPSA) is 57.7 Å². The number of pyridine rings is 1. The normalized spacial score (nSPS) is 23.7. The van der Waals surface area contributed by atoms with Gasteiger partial charge in [0.25, 0.3) is 0 Å². The van der Waals surface area contributed by atoms with E-state index >= 15 is 0 Å². The number of hydrogen-bond donors (Lipinski definition) is 1. The summed E-state index contributed by atoms with van der Waals surface area (Å²) in [7, 11) is 0. The summed E-state index contributed by atoms with van der Waals surface area (Å²) in [6.07, 6.45) is 8.09. The summed E-state index contributed by atoms with van der Waals surface area (Å²) in [4.78, 5) is 21.4. The number of rotatable bonds is 4. The minimum atomic E-state index is 0.0591. The first-order chi connectivity index (χ1) is 12.3. The summed E-state index contributed by atoms with van der Waals surface area (Å²) < 4.78 is 5.41. The first-order valence-electron chi connectivity index (χ1n) is 9.52. The summed E-state index contributed by atoms with van der Waals surface area (Å²) in [6, 6.07) is 4.62. The largest absolute Gasteiger partial charge is 0.379 e. The zero-order chi connectivity index (χ0) is 17.5. The molecule has 1 N–H and O–H groups in total. The quantitative estimate of drug-likeness (QED) is 0.910. The van der Waals surface area contributed by atoms with Crippen molar-refractivity contribution in [3.63, 3.8) is 0 Å². The van der Waals surface area contributed by atoms with Crippen molar-refractivity contribution in [1.82, 2.24) is 20.1 Å². The Labute approximate surface area is 150 Å². The van der Waals surface area contributed by atoms with Crippen molar-refractivity contribution in [3.05, 3.63) is 30.1 Å². The third-order valence-corrected chi connectivity index (χ3v) is 5.32. The van der Waals surface area contributed by atoms with Crippen molar-refractivity contribution >= 4 is 6.03 Å². The highest BCUT2D eigenvalue weighted by atomic mass is 16.5. The molecule has 6 nitrogen and oxygen atoms in total. The van der Waals surface area contributed by atoms with Crippen LogP contribution in [-0.4, -0.2) is 66.2 Å². The SMILES string of the molecule is CC(CNC(=O)N1CCCCCC1c1ccncc1)N1CCOCC1. The van der Waals surface area contributed by atoms with Crippen molar-refractivity contribution in [2.75, 3.05) is 39.4 Å². The summed E-state index contributed by atoms with van der Waals surface area (Å²) >= 11 is 0. The number of likely N-dealkylation sites (tertiary alicyclic amines) is 1. The van der Waals surface area contributed by atoms with Crippen molar-refractivity contribution in [1.29, 1.82) is 0 Å². The van der Waals surface area contributed by atoms with E-state index in [4.69, 9.17) is 4.74 Å². The van der Waals surface area contributed by atoms with E-state index in [0.29, 0.717) is 12.6 Å². The van der Waals surface area contributed by atoms with Gasteiger partial charge in [-0.05, 0) is 37.5 Å². The van der Waals surface area contributed by atoms with Gasteiger partial charge in [0.15, 0.2) is 0 Å². The Morgan fingerprint density at radius 2 is 2.00 bits per heavy atom. The van der Waals surface area contributed by atoms with Crippen LogP contribution in [0.1, 0.15) is 44.2 Å². The second-order valence-corrected chi connectivity index (χ2v) is 7.02. The van der Waals surface area contributed by atoms with Crippen molar-refractivity contribution < 1.29 is 9.53 Å². The van der Waals surface area contributed by atoms with Gasteiger partial charge in [-0.3, -0.25) is 9.88 Å². The fourth-order valence-electron chi connectivity index (χ4n) is 3.77. The molecule has 2 aliphatic heterocycles. The molecule has 2 unspecified atom stereocenters. The van der Waals surface area contributed by atoms with E-state index in [-0.39, 0.29) is 12.1 Å². The van der Waals surface area contributed by atoms with Gasteiger partial charge in [0, 0.05) is 44.6 Å². The van der Waals surface area contributed by atoms with Gasteiger partial charge in [-0.1, -0.05) is 12.8 Å². The molecule has 2 atom stereocenters. The lowest BCUT2D eigenvalue weighted by Crippen LogP contribution is -2.50. The second-order valence-electron chi connectivity index (χ2n) is 7.02. The van der Waals surface area contributed by atoms with Crippen molar-refractivity contribution in [3.8, 4) is 0 Å². The number of urea groups is 1. The number of carbonyl (C=O) groups is 1. The first-order valence-corrected chi connectivity index (χ1v) is 9.52. The standard InChI is InChI=1S/C19H30N4O2/c1-16(22-11-13-25-14-12-22)15-21-19(24)23-10-4-2-3-5-18(23)17-6-8-20-9-7-17/h6-9,16,18H,2-5,10-15H2,1H3,(H,21,24). The number of aromatic nitrogens is 1. The molecule has 2 amide bonds. The number of carbonyl (C=O) groups excluding carboxylic acids is 1. The van der Waals surface area contributed by atoms with E-state index in [1.807, 2.05) is 29.4 Å². The predicted molar refractivity (Wildman–Crippen MR) is 97.4 cm³/mol. The molecule has 0 spiro atoms. The molecule has 138 valence electrons. The smallest absolute Gasteiger partial charge is 0.317 e. The van der Waals surface area contributed by atoms with E-state index in [9.17, 15) is 4.79 Å². The molecule has 3 rings (SSSR count). The van der Waals surface area contributed by atoms with Crippen LogP contribution in [0.15, 0.2) is 24.5 Å². The first kappa shape index (κ1) is 18.1. The number of hydrogen-bond acceptors (Lipinski definition) is 4. The molecule has 2 aliphatic rings. The number of nitrogens with zero attached hydrogens (tertiary/aromatic N) is 3. The van der Waals surface area contributed by atoms with Gasteiger partial charge in [-0.25, -0.2) is 4.79 Å². The van der Waals surface area contributed by atoms with E-state index in [1.165, 1.54) is 18.4 Å². The maximum atomic E-state index is 12.9. The second kappa shape index (κ2) is 9.15. The third kappa shape index (κ3) is 4.92. The molecule has 25 heavy (non-hydrogen) atoms. The van der Waals surface area contributed by atoms with Gasteiger partial charge in [0.05, 0.1) is 19.3 Å². The Kier molecular flexibility index (Phi) is 6.64. The number of nitrogens with one attached hydrogen (secondary N) is 1. The molecule has 1 aromatic rings. The summed E-state index contributed by atoms with van der Waals surface area (Å²) in [6.45, 7) is 7.14. The molecule has 0 bridgehead atoms.